The summed E-state index contributed by atoms with van der Waals surface area (Å²) in [5.74, 6) is -2.30. The number of carbonyl (C=O) groups is 1. The SMILES string of the molecule is C[C@H](Nc1nc(F)cc(=O)[nH]1)C(=O)O. The normalized spacial score (nSPS) is 12.1. The third kappa shape index (κ3) is 2.54. The van der Waals surface area contributed by atoms with E-state index in [0.717, 1.165) is 0 Å². The van der Waals surface area contributed by atoms with Gasteiger partial charge in [-0.1, -0.05) is 0 Å². The van der Waals surface area contributed by atoms with Crippen molar-refractivity contribution in [1.82, 2.24) is 9.97 Å². The molecule has 0 unspecified atom stereocenters. The zero-order chi connectivity index (χ0) is 10.7. The Balaban J connectivity index is 2.87. The molecule has 0 amide bonds. The second kappa shape index (κ2) is 3.86. The van der Waals surface area contributed by atoms with E-state index in [0.29, 0.717) is 6.07 Å². The highest BCUT2D eigenvalue weighted by atomic mass is 19.1. The zero-order valence-corrected chi connectivity index (χ0v) is 7.24. The second-order valence-electron chi connectivity index (χ2n) is 2.62. The Labute approximate surface area is 77.8 Å². The molecule has 1 rings (SSSR count). The molecule has 0 aliphatic carbocycles. The molecule has 1 atom stereocenters. The first-order valence-corrected chi connectivity index (χ1v) is 3.75. The Morgan fingerprint density at radius 3 is 2.93 bits per heavy atom. The first-order valence-electron chi connectivity index (χ1n) is 3.75. The molecule has 1 heterocycles. The Morgan fingerprint density at radius 2 is 2.43 bits per heavy atom. The fourth-order valence-electron chi connectivity index (χ4n) is 0.763. The predicted octanol–water partition coefficient (Wildman–Crippen LogP) is -0.206. The summed E-state index contributed by atoms with van der Waals surface area (Å²) in [7, 11) is 0. The highest BCUT2D eigenvalue weighted by Crippen LogP contribution is 1.98. The van der Waals surface area contributed by atoms with Crippen LogP contribution in [0.15, 0.2) is 10.9 Å². The zero-order valence-electron chi connectivity index (χ0n) is 7.24. The average molecular weight is 201 g/mol. The van der Waals surface area contributed by atoms with Gasteiger partial charge >= 0.3 is 5.97 Å². The third-order valence-corrected chi connectivity index (χ3v) is 1.43. The van der Waals surface area contributed by atoms with E-state index in [4.69, 9.17) is 5.11 Å². The van der Waals surface area contributed by atoms with Gasteiger partial charge in [0.2, 0.25) is 11.9 Å². The average Bonchev–Trinajstić information content (AvgIpc) is 2.01. The van der Waals surface area contributed by atoms with Crippen LogP contribution in [0.5, 0.6) is 0 Å². The number of rotatable bonds is 3. The van der Waals surface area contributed by atoms with Crippen molar-refractivity contribution in [3.8, 4) is 0 Å². The minimum Gasteiger partial charge on any atom is -0.480 e. The molecule has 6 nitrogen and oxygen atoms in total. The van der Waals surface area contributed by atoms with Crippen molar-refractivity contribution >= 4 is 11.9 Å². The van der Waals surface area contributed by atoms with Crippen LogP contribution < -0.4 is 10.9 Å². The molecule has 1 aromatic rings. The van der Waals surface area contributed by atoms with Gasteiger partial charge in [0.1, 0.15) is 6.04 Å². The number of H-pyrrole nitrogens is 1. The number of hydrogen-bond donors (Lipinski definition) is 3. The molecule has 0 saturated carbocycles. The number of carboxylic acid groups (broad SMARTS) is 1. The minimum atomic E-state index is -1.13. The van der Waals surface area contributed by atoms with Crippen molar-refractivity contribution in [3.63, 3.8) is 0 Å². The lowest BCUT2D eigenvalue weighted by atomic mass is 10.3. The quantitative estimate of drug-likeness (QED) is 0.588. The maximum absolute atomic E-state index is 12.6. The predicted molar refractivity (Wildman–Crippen MR) is 45.5 cm³/mol. The van der Waals surface area contributed by atoms with Crippen LogP contribution in [0.4, 0.5) is 10.3 Å². The van der Waals surface area contributed by atoms with Crippen LogP contribution in [0.1, 0.15) is 6.92 Å². The number of hydrogen-bond acceptors (Lipinski definition) is 4. The van der Waals surface area contributed by atoms with Crippen LogP contribution in [0.2, 0.25) is 0 Å². The summed E-state index contributed by atoms with van der Waals surface area (Å²) >= 11 is 0. The molecular weight excluding hydrogens is 193 g/mol. The van der Waals surface area contributed by atoms with Gasteiger partial charge in [0.15, 0.2) is 0 Å². The summed E-state index contributed by atoms with van der Waals surface area (Å²) in [5, 5.41) is 10.8. The molecule has 0 radical (unpaired) electrons. The van der Waals surface area contributed by atoms with Crippen LogP contribution in [-0.2, 0) is 4.79 Å². The van der Waals surface area contributed by atoms with Crippen molar-refractivity contribution in [2.24, 2.45) is 0 Å². The summed E-state index contributed by atoms with van der Waals surface area (Å²) in [6.07, 6.45) is 0. The van der Waals surface area contributed by atoms with Gasteiger partial charge in [0.05, 0.1) is 6.07 Å². The van der Waals surface area contributed by atoms with Crippen molar-refractivity contribution in [3.05, 3.63) is 22.4 Å². The lowest BCUT2D eigenvalue weighted by molar-refractivity contribution is -0.137. The topological polar surface area (TPSA) is 95.1 Å². The van der Waals surface area contributed by atoms with Crippen LogP contribution in [0, 0.1) is 5.95 Å². The van der Waals surface area contributed by atoms with Crippen molar-refractivity contribution < 1.29 is 14.3 Å². The van der Waals surface area contributed by atoms with Crippen molar-refractivity contribution in [2.75, 3.05) is 5.32 Å². The summed E-state index contributed by atoms with van der Waals surface area (Å²) in [4.78, 5) is 26.5. The van der Waals surface area contributed by atoms with Gasteiger partial charge in [0, 0.05) is 0 Å². The smallest absolute Gasteiger partial charge is 0.325 e. The summed E-state index contributed by atoms with van der Waals surface area (Å²) in [6.45, 7) is 1.34. The molecule has 0 aromatic carbocycles. The maximum atomic E-state index is 12.6. The van der Waals surface area contributed by atoms with Gasteiger partial charge < -0.3 is 10.4 Å². The molecule has 14 heavy (non-hydrogen) atoms. The van der Waals surface area contributed by atoms with E-state index in [-0.39, 0.29) is 5.95 Å². The van der Waals surface area contributed by atoms with Crippen LogP contribution >= 0.6 is 0 Å². The number of anilines is 1. The van der Waals surface area contributed by atoms with E-state index in [1.165, 1.54) is 6.92 Å². The van der Waals surface area contributed by atoms with E-state index in [9.17, 15) is 14.0 Å². The lowest BCUT2D eigenvalue weighted by Crippen LogP contribution is -2.27. The Morgan fingerprint density at radius 1 is 1.79 bits per heavy atom. The molecule has 0 spiro atoms. The Hall–Kier alpha value is -1.92. The molecule has 0 fully saturated rings. The maximum Gasteiger partial charge on any atom is 0.325 e. The number of halogens is 1. The van der Waals surface area contributed by atoms with Crippen LogP contribution in [-0.4, -0.2) is 27.1 Å². The van der Waals surface area contributed by atoms with E-state index in [1.807, 2.05) is 0 Å². The molecule has 3 N–H and O–H groups in total. The van der Waals surface area contributed by atoms with Gasteiger partial charge in [-0.25, -0.2) is 0 Å². The Bertz CT molecular complexity index is 403. The third-order valence-electron chi connectivity index (χ3n) is 1.43. The molecule has 0 bridgehead atoms. The highest BCUT2D eigenvalue weighted by molar-refractivity contribution is 5.75. The first-order chi connectivity index (χ1) is 6.49. The molecule has 1 aromatic heterocycles. The number of aromatic amines is 1. The molecule has 7 heteroatoms. The second-order valence-corrected chi connectivity index (χ2v) is 2.62. The minimum absolute atomic E-state index is 0.204. The molecule has 0 aliphatic rings. The van der Waals surface area contributed by atoms with Gasteiger partial charge in [0.25, 0.3) is 5.56 Å². The van der Waals surface area contributed by atoms with E-state index in [1.54, 1.807) is 0 Å². The molecule has 76 valence electrons. The fourth-order valence-corrected chi connectivity index (χ4v) is 0.763. The number of nitrogens with zero attached hydrogens (tertiary/aromatic N) is 1. The first kappa shape index (κ1) is 10.2. The fraction of sp³-hybridized carbons (Fsp3) is 0.286. The number of aliphatic carboxylic acids is 1. The van der Waals surface area contributed by atoms with Gasteiger partial charge in [-0.05, 0) is 6.92 Å². The lowest BCUT2D eigenvalue weighted by Gasteiger charge is -2.08. The summed E-state index contributed by atoms with van der Waals surface area (Å²) in [5.41, 5.74) is -0.683. The number of carboxylic acids is 1. The van der Waals surface area contributed by atoms with Gasteiger partial charge in [-0.15, -0.1) is 0 Å². The number of aromatic nitrogens is 2. The Kier molecular flexibility index (Phi) is 2.80. The van der Waals surface area contributed by atoms with E-state index < -0.39 is 23.5 Å². The largest absolute Gasteiger partial charge is 0.480 e. The van der Waals surface area contributed by atoms with E-state index >= 15 is 0 Å². The van der Waals surface area contributed by atoms with E-state index in [2.05, 4.69) is 15.3 Å². The van der Waals surface area contributed by atoms with Crippen molar-refractivity contribution in [1.29, 1.82) is 0 Å². The number of nitrogens with one attached hydrogen (secondary N) is 2. The summed E-state index contributed by atoms with van der Waals surface area (Å²) < 4.78 is 12.6. The van der Waals surface area contributed by atoms with Gasteiger partial charge in [-0.3, -0.25) is 14.6 Å². The van der Waals surface area contributed by atoms with Gasteiger partial charge in [-0.2, -0.15) is 9.37 Å². The standard InChI is InChI=1S/C7H8FN3O3/c1-3(6(13)14)9-7-10-4(8)2-5(12)11-7/h2-3H,1H3,(H,13,14)(H2,9,10,11,12)/t3-/m0/s1. The van der Waals surface area contributed by atoms with Crippen LogP contribution in [0.3, 0.4) is 0 Å². The molecule has 0 aliphatic heterocycles. The summed E-state index contributed by atoms with van der Waals surface area (Å²) in [6, 6.07) is -0.295. The van der Waals surface area contributed by atoms with Crippen molar-refractivity contribution in [2.45, 2.75) is 13.0 Å². The highest BCUT2D eigenvalue weighted by Gasteiger charge is 2.11. The monoisotopic (exact) mass is 201 g/mol. The molecule has 0 saturated heterocycles. The molecular formula is C7H8FN3O3. The van der Waals surface area contributed by atoms with Crippen LogP contribution in [0.25, 0.3) is 0 Å².